The minimum Gasteiger partial charge on any atom is -0.320 e. The van der Waals surface area contributed by atoms with Crippen molar-refractivity contribution < 1.29 is 13.2 Å². The van der Waals surface area contributed by atoms with Gasteiger partial charge in [-0.2, -0.15) is 0 Å². The number of rotatable bonds is 4. The molecule has 26 heavy (non-hydrogen) atoms. The SMILES string of the molecule is Cc1ccc(S(=O)(=O)N(C)C)cc1NC(=O)c1nc(Cl)c(Cl)c(Cl)c1Cl. The van der Waals surface area contributed by atoms with E-state index in [4.69, 9.17) is 46.4 Å². The molecule has 140 valence electrons. The quantitative estimate of drug-likeness (QED) is 0.686. The summed E-state index contributed by atoms with van der Waals surface area (Å²) in [5, 5.41) is 2.07. The number of nitrogens with zero attached hydrogens (tertiary/aromatic N) is 2. The second kappa shape index (κ2) is 7.88. The molecule has 1 N–H and O–H groups in total. The van der Waals surface area contributed by atoms with E-state index in [9.17, 15) is 13.2 Å². The van der Waals surface area contributed by atoms with Crippen LogP contribution in [0.5, 0.6) is 0 Å². The first-order chi connectivity index (χ1) is 12.0. The number of aromatic nitrogens is 1. The van der Waals surface area contributed by atoms with E-state index in [0.717, 1.165) is 4.31 Å². The number of halogens is 4. The van der Waals surface area contributed by atoms with Crippen LogP contribution in [0.2, 0.25) is 20.2 Å². The molecule has 6 nitrogen and oxygen atoms in total. The highest BCUT2D eigenvalue weighted by Gasteiger charge is 2.22. The van der Waals surface area contributed by atoms with Gasteiger partial charge in [0.2, 0.25) is 10.0 Å². The van der Waals surface area contributed by atoms with Gasteiger partial charge in [-0.3, -0.25) is 4.79 Å². The zero-order chi connectivity index (χ0) is 19.8. The molecule has 0 aliphatic rings. The Labute approximate surface area is 171 Å². The molecule has 0 saturated heterocycles. The molecule has 0 radical (unpaired) electrons. The summed E-state index contributed by atoms with van der Waals surface area (Å²) >= 11 is 23.6. The topological polar surface area (TPSA) is 79.4 Å². The molecule has 0 aliphatic heterocycles. The average Bonchev–Trinajstić information content (AvgIpc) is 2.57. The zero-order valence-corrected chi connectivity index (χ0v) is 17.6. The number of carbonyl (C=O) groups is 1. The predicted molar refractivity (Wildman–Crippen MR) is 104 cm³/mol. The first-order valence-corrected chi connectivity index (χ1v) is 9.96. The maximum absolute atomic E-state index is 12.5. The molecule has 0 saturated carbocycles. The van der Waals surface area contributed by atoms with Gasteiger partial charge in [0.05, 0.1) is 20.0 Å². The van der Waals surface area contributed by atoms with Crippen molar-refractivity contribution in [1.82, 2.24) is 9.29 Å². The number of pyridine rings is 1. The van der Waals surface area contributed by atoms with Crippen molar-refractivity contribution in [3.05, 3.63) is 49.7 Å². The Morgan fingerprint density at radius 2 is 1.69 bits per heavy atom. The van der Waals surface area contributed by atoms with Crippen LogP contribution in [-0.2, 0) is 10.0 Å². The normalized spacial score (nSPS) is 11.7. The monoisotopic (exact) mass is 455 g/mol. The summed E-state index contributed by atoms with van der Waals surface area (Å²) < 4.78 is 25.6. The third-order valence-corrected chi connectivity index (χ3v) is 6.92. The van der Waals surface area contributed by atoms with Crippen LogP contribution in [0.3, 0.4) is 0 Å². The van der Waals surface area contributed by atoms with Gasteiger partial charge in [-0.15, -0.1) is 0 Å². The van der Waals surface area contributed by atoms with E-state index in [2.05, 4.69) is 10.3 Å². The summed E-state index contributed by atoms with van der Waals surface area (Å²) in [7, 11) is -0.840. The van der Waals surface area contributed by atoms with Gasteiger partial charge in [0.15, 0.2) is 0 Å². The van der Waals surface area contributed by atoms with E-state index in [1.807, 2.05) is 0 Å². The number of hydrogen-bond acceptors (Lipinski definition) is 4. The maximum Gasteiger partial charge on any atom is 0.275 e. The Kier molecular flexibility index (Phi) is 6.43. The number of anilines is 1. The van der Waals surface area contributed by atoms with Crippen LogP contribution in [0, 0.1) is 6.92 Å². The summed E-state index contributed by atoms with van der Waals surface area (Å²) in [5.74, 6) is -0.710. The van der Waals surface area contributed by atoms with Gasteiger partial charge >= 0.3 is 0 Å². The number of benzene rings is 1. The van der Waals surface area contributed by atoms with Crippen molar-refractivity contribution in [3.8, 4) is 0 Å². The van der Waals surface area contributed by atoms with Crippen LogP contribution in [0.1, 0.15) is 16.1 Å². The molecule has 0 spiro atoms. The molecule has 1 aromatic heterocycles. The van der Waals surface area contributed by atoms with E-state index >= 15 is 0 Å². The molecule has 11 heteroatoms. The van der Waals surface area contributed by atoms with Crippen molar-refractivity contribution in [2.45, 2.75) is 11.8 Å². The van der Waals surface area contributed by atoms with E-state index in [1.165, 1.54) is 26.2 Å². The fraction of sp³-hybridized carbons (Fsp3) is 0.200. The summed E-state index contributed by atoms with van der Waals surface area (Å²) in [6, 6.07) is 4.36. The van der Waals surface area contributed by atoms with Crippen molar-refractivity contribution in [1.29, 1.82) is 0 Å². The molecule has 0 bridgehead atoms. The lowest BCUT2D eigenvalue weighted by atomic mass is 10.2. The lowest BCUT2D eigenvalue weighted by molar-refractivity contribution is 0.102. The molecule has 0 aliphatic carbocycles. The van der Waals surface area contributed by atoms with E-state index in [0.29, 0.717) is 5.56 Å². The van der Waals surface area contributed by atoms with Gasteiger partial charge < -0.3 is 5.32 Å². The maximum atomic E-state index is 12.5. The molecule has 0 atom stereocenters. The summed E-state index contributed by atoms with van der Waals surface area (Å²) in [4.78, 5) is 16.4. The zero-order valence-electron chi connectivity index (χ0n) is 13.8. The first kappa shape index (κ1) is 21.2. The molecule has 0 unspecified atom stereocenters. The number of carbonyl (C=O) groups excluding carboxylic acids is 1. The highest BCUT2D eigenvalue weighted by Crippen LogP contribution is 2.36. The lowest BCUT2D eigenvalue weighted by Gasteiger charge is -2.15. The van der Waals surface area contributed by atoms with Crippen LogP contribution in [0.15, 0.2) is 23.1 Å². The van der Waals surface area contributed by atoms with E-state index < -0.39 is 15.9 Å². The Bertz CT molecular complexity index is 994. The number of nitrogens with one attached hydrogen (secondary N) is 1. The second-order valence-corrected chi connectivity index (χ2v) is 9.06. The molecule has 1 aromatic carbocycles. The highest BCUT2D eigenvalue weighted by molar-refractivity contribution is 7.89. The second-order valence-electron chi connectivity index (χ2n) is 5.41. The van der Waals surface area contributed by atoms with E-state index in [-0.39, 0.29) is 36.5 Å². The molecular formula is C15H13Cl4N3O3S. The van der Waals surface area contributed by atoms with Crippen LogP contribution in [0.25, 0.3) is 0 Å². The summed E-state index contributed by atoms with van der Waals surface area (Å²) in [6.07, 6.45) is 0. The summed E-state index contributed by atoms with van der Waals surface area (Å²) in [6.45, 7) is 1.71. The average molecular weight is 457 g/mol. The largest absolute Gasteiger partial charge is 0.320 e. The van der Waals surface area contributed by atoms with Gasteiger partial charge in [0, 0.05) is 19.8 Å². The molecule has 1 heterocycles. The van der Waals surface area contributed by atoms with Gasteiger partial charge in [-0.05, 0) is 24.6 Å². The van der Waals surface area contributed by atoms with Crippen LogP contribution >= 0.6 is 46.4 Å². The molecular weight excluding hydrogens is 444 g/mol. The van der Waals surface area contributed by atoms with Gasteiger partial charge in [-0.25, -0.2) is 17.7 Å². The predicted octanol–water partition coefficient (Wildman–Crippen LogP) is 4.51. The van der Waals surface area contributed by atoms with Gasteiger partial charge in [0.25, 0.3) is 5.91 Å². The fourth-order valence-corrected chi connectivity index (χ4v) is 3.67. The lowest BCUT2D eigenvalue weighted by Crippen LogP contribution is -2.22. The Hall–Kier alpha value is -1.09. The Morgan fingerprint density at radius 3 is 2.27 bits per heavy atom. The van der Waals surface area contributed by atoms with Crippen LogP contribution in [-0.4, -0.2) is 37.7 Å². The van der Waals surface area contributed by atoms with Crippen LogP contribution in [0.4, 0.5) is 5.69 Å². The van der Waals surface area contributed by atoms with Gasteiger partial charge in [-0.1, -0.05) is 52.5 Å². The standard InChI is InChI=1S/C15H13Cl4N3O3S/c1-7-4-5-8(26(24,25)22(2)3)6-9(7)20-15(23)13-11(17)10(16)12(18)14(19)21-13/h4-6H,1-3H3,(H,20,23). The minimum absolute atomic E-state index is 0.0228. The Balaban J connectivity index is 2.45. The number of amides is 1. The first-order valence-electron chi connectivity index (χ1n) is 7.01. The molecule has 2 rings (SSSR count). The third-order valence-electron chi connectivity index (χ3n) is 3.44. The number of hydrogen-bond donors (Lipinski definition) is 1. The Morgan fingerprint density at radius 1 is 1.08 bits per heavy atom. The smallest absolute Gasteiger partial charge is 0.275 e. The van der Waals surface area contributed by atoms with Crippen molar-refractivity contribution in [3.63, 3.8) is 0 Å². The van der Waals surface area contributed by atoms with Gasteiger partial charge in [0.1, 0.15) is 10.8 Å². The minimum atomic E-state index is -3.66. The van der Waals surface area contributed by atoms with E-state index in [1.54, 1.807) is 13.0 Å². The highest BCUT2D eigenvalue weighted by atomic mass is 35.5. The molecule has 1 amide bonds. The van der Waals surface area contributed by atoms with Crippen molar-refractivity contribution in [2.24, 2.45) is 0 Å². The number of sulfonamides is 1. The third kappa shape index (κ3) is 4.08. The fourth-order valence-electron chi connectivity index (χ4n) is 1.93. The van der Waals surface area contributed by atoms with Crippen molar-refractivity contribution in [2.75, 3.05) is 19.4 Å². The number of aryl methyl sites for hydroxylation is 1. The molecule has 0 fully saturated rings. The van der Waals surface area contributed by atoms with Crippen LogP contribution < -0.4 is 5.32 Å². The van der Waals surface area contributed by atoms with Crippen molar-refractivity contribution >= 4 is 68.0 Å². The summed E-state index contributed by atoms with van der Waals surface area (Å²) in [5.41, 5.74) is 0.683. The molecule has 2 aromatic rings.